The third kappa shape index (κ3) is 4.24. The normalized spacial score (nSPS) is 12.4. The lowest BCUT2D eigenvalue weighted by molar-refractivity contribution is 0.295. The molecule has 0 bridgehead atoms. The van der Waals surface area contributed by atoms with Crippen molar-refractivity contribution in [2.45, 2.75) is 46.6 Å². The van der Waals surface area contributed by atoms with Gasteiger partial charge in [-0.1, -0.05) is 13.8 Å². The SMILES string of the molecule is CCN(CC)CCCC(C)Nc1c(C#N)c(C)nn1C. The summed E-state index contributed by atoms with van der Waals surface area (Å²) in [5.74, 6) is 0.834. The van der Waals surface area contributed by atoms with Gasteiger partial charge in [0.05, 0.1) is 5.69 Å². The predicted molar refractivity (Wildman–Crippen MR) is 82.8 cm³/mol. The largest absolute Gasteiger partial charge is 0.367 e. The lowest BCUT2D eigenvalue weighted by atomic mass is 10.1. The Labute approximate surface area is 122 Å². The number of hydrogen-bond donors (Lipinski definition) is 1. The lowest BCUT2D eigenvalue weighted by Gasteiger charge is -2.20. The Hall–Kier alpha value is -1.54. The van der Waals surface area contributed by atoms with Crippen molar-refractivity contribution in [2.75, 3.05) is 25.0 Å². The molecule has 1 unspecified atom stereocenters. The van der Waals surface area contributed by atoms with E-state index in [2.05, 4.69) is 42.2 Å². The van der Waals surface area contributed by atoms with Crippen molar-refractivity contribution < 1.29 is 0 Å². The standard InChI is InChI=1S/C15H27N5/c1-6-20(7-2)10-8-9-12(3)17-15-14(11-16)13(4)18-19(15)5/h12,17H,6-10H2,1-5H3. The summed E-state index contributed by atoms with van der Waals surface area (Å²) in [6.45, 7) is 11.8. The molecule has 1 aromatic rings. The predicted octanol–water partition coefficient (Wildman–Crippen LogP) is 2.52. The number of nitriles is 1. The minimum Gasteiger partial charge on any atom is -0.367 e. The summed E-state index contributed by atoms with van der Waals surface area (Å²) in [5.41, 5.74) is 1.44. The summed E-state index contributed by atoms with van der Waals surface area (Å²) in [6.07, 6.45) is 2.25. The van der Waals surface area contributed by atoms with Gasteiger partial charge in [0, 0.05) is 13.1 Å². The molecule has 0 spiro atoms. The van der Waals surface area contributed by atoms with Crippen molar-refractivity contribution >= 4 is 5.82 Å². The molecule has 0 saturated carbocycles. The van der Waals surface area contributed by atoms with Crippen LogP contribution >= 0.6 is 0 Å². The second-order valence-electron chi connectivity index (χ2n) is 5.26. The van der Waals surface area contributed by atoms with Crippen LogP contribution in [0.1, 0.15) is 44.9 Å². The van der Waals surface area contributed by atoms with Crippen LogP contribution in [-0.2, 0) is 7.05 Å². The van der Waals surface area contributed by atoms with E-state index in [1.165, 1.54) is 0 Å². The fourth-order valence-corrected chi connectivity index (χ4v) is 2.42. The molecule has 20 heavy (non-hydrogen) atoms. The molecule has 0 aliphatic heterocycles. The Bertz CT molecular complexity index is 454. The molecular weight excluding hydrogens is 250 g/mol. The number of nitrogens with zero attached hydrogens (tertiary/aromatic N) is 4. The van der Waals surface area contributed by atoms with Crippen molar-refractivity contribution in [3.8, 4) is 6.07 Å². The summed E-state index contributed by atoms with van der Waals surface area (Å²) in [6, 6.07) is 2.57. The molecule has 0 aliphatic carbocycles. The first-order chi connectivity index (χ1) is 9.53. The van der Waals surface area contributed by atoms with Crippen LogP contribution in [-0.4, -0.2) is 40.4 Å². The molecule has 0 fully saturated rings. The van der Waals surface area contributed by atoms with Crippen LogP contribution in [0, 0.1) is 18.3 Å². The molecule has 1 N–H and O–H groups in total. The van der Waals surface area contributed by atoms with Crippen LogP contribution in [0.15, 0.2) is 0 Å². The average molecular weight is 277 g/mol. The maximum Gasteiger partial charge on any atom is 0.142 e. The van der Waals surface area contributed by atoms with Crippen LogP contribution in [0.2, 0.25) is 0 Å². The van der Waals surface area contributed by atoms with Crippen LogP contribution < -0.4 is 5.32 Å². The lowest BCUT2D eigenvalue weighted by Crippen LogP contribution is -2.26. The van der Waals surface area contributed by atoms with Crippen LogP contribution in [0.25, 0.3) is 0 Å². The molecular formula is C15H27N5. The zero-order valence-corrected chi connectivity index (χ0v) is 13.4. The zero-order valence-electron chi connectivity index (χ0n) is 13.4. The third-order valence-electron chi connectivity index (χ3n) is 3.72. The molecule has 5 nitrogen and oxygen atoms in total. The first-order valence-corrected chi connectivity index (χ1v) is 7.46. The Morgan fingerprint density at radius 2 is 2.05 bits per heavy atom. The van der Waals surface area contributed by atoms with E-state index in [0.717, 1.165) is 44.0 Å². The van der Waals surface area contributed by atoms with Crippen LogP contribution in [0.5, 0.6) is 0 Å². The monoisotopic (exact) mass is 277 g/mol. The summed E-state index contributed by atoms with van der Waals surface area (Å²) in [5, 5.41) is 16.9. The highest BCUT2D eigenvalue weighted by Crippen LogP contribution is 2.19. The summed E-state index contributed by atoms with van der Waals surface area (Å²) in [4.78, 5) is 2.43. The molecule has 0 radical (unpaired) electrons. The van der Waals surface area contributed by atoms with E-state index in [4.69, 9.17) is 0 Å². The molecule has 112 valence electrons. The minimum atomic E-state index is 0.340. The van der Waals surface area contributed by atoms with E-state index in [-0.39, 0.29) is 0 Å². The van der Waals surface area contributed by atoms with Gasteiger partial charge in [-0.25, -0.2) is 0 Å². The van der Waals surface area contributed by atoms with E-state index in [1.54, 1.807) is 4.68 Å². The van der Waals surface area contributed by atoms with Gasteiger partial charge in [0.25, 0.3) is 0 Å². The molecule has 1 atom stereocenters. The van der Waals surface area contributed by atoms with Crippen LogP contribution in [0.4, 0.5) is 5.82 Å². The van der Waals surface area contributed by atoms with Crippen molar-refractivity contribution in [1.29, 1.82) is 5.26 Å². The minimum absolute atomic E-state index is 0.340. The number of nitrogens with one attached hydrogen (secondary N) is 1. The molecule has 0 amide bonds. The van der Waals surface area contributed by atoms with E-state index in [9.17, 15) is 5.26 Å². The number of rotatable bonds is 8. The topological polar surface area (TPSA) is 56.9 Å². The van der Waals surface area contributed by atoms with Gasteiger partial charge in [-0.15, -0.1) is 0 Å². The first-order valence-electron chi connectivity index (χ1n) is 7.46. The van der Waals surface area contributed by atoms with Gasteiger partial charge in [-0.05, 0) is 46.3 Å². The van der Waals surface area contributed by atoms with Gasteiger partial charge < -0.3 is 10.2 Å². The van der Waals surface area contributed by atoms with E-state index in [1.807, 2.05) is 14.0 Å². The molecule has 1 heterocycles. The van der Waals surface area contributed by atoms with E-state index < -0.39 is 0 Å². The van der Waals surface area contributed by atoms with Crippen molar-refractivity contribution in [3.63, 3.8) is 0 Å². The maximum atomic E-state index is 9.19. The zero-order chi connectivity index (χ0) is 15.1. The summed E-state index contributed by atoms with van der Waals surface area (Å²) < 4.78 is 1.76. The van der Waals surface area contributed by atoms with Gasteiger partial charge >= 0.3 is 0 Å². The Morgan fingerprint density at radius 1 is 1.40 bits per heavy atom. The smallest absolute Gasteiger partial charge is 0.142 e. The van der Waals surface area contributed by atoms with Gasteiger partial charge in [0.2, 0.25) is 0 Å². The second-order valence-corrected chi connectivity index (χ2v) is 5.26. The fourth-order valence-electron chi connectivity index (χ4n) is 2.42. The summed E-state index contributed by atoms with van der Waals surface area (Å²) >= 11 is 0. The van der Waals surface area contributed by atoms with E-state index >= 15 is 0 Å². The average Bonchev–Trinajstić information content (AvgIpc) is 2.69. The highest BCUT2D eigenvalue weighted by atomic mass is 15.3. The van der Waals surface area contributed by atoms with Crippen molar-refractivity contribution in [2.24, 2.45) is 7.05 Å². The molecule has 0 aliphatic rings. The third-order valence-corrected chi connectivity index (χ3v) is 3.72. The van der Waals surface area contributed by atoms with Crippen molar-refractivity contribution in [3.05, 3.63) is 11.3 Å². The molecule has 0 aromatic carbocycles. The van der Waals surface area contributed by atoms with Gasteiger partial charge in [0.15, 0.2) is 0 Å². The quantitative estimate of drug-likeness (QED) is 0.793. The fraction of sp³-hybridized carbons (Fsp3) is 0.733. The Kier molecular flexibility index (Phi) is 6.53. The highest BCUT2D eigenvalue weighted by molar-refractivity contribution is 5.55. The number of hydrogen-bond acceptors (Lipinski definition) is 4. The van der Waals surface area contributed by atoms with Gasteiger partial charge in [-0.3, -0.25) is 4.68 Å². The highest BCUT2D eigenvalue weighted by Gasteiger charge is 2.14. The molecule has 1 aromatic heterocycles. The second kappa shape index (κ2) is 7.91. The number of aryl methyl sites for hydroxylation is 2. The number of anilines is 1. The van der Waals surface area contributed by atoms with E-state index in [0.29, 0.717) is 11.6 Å². The van der Waals surface area contributed by atoms with Gasteiger partial charge in [0.1, 0.15) is 17.5 Å². The summed E-state index contributed by atoms with van der Waals surface area (Å²) in [7, 11) is 1.87. The Balaban J connectivity index is 2.51. The van der Waals surface area contributed by atoms with Gasteiger partial charge in [-0.2, -0.15) is 10.4 Å². The van der Waals surface area contributed by atoms with Crippen LogP contribution in [0.3, 0.4) is 0 Å². The Morgan fingerprint density at radius 3 is 2.60 bits per heavy atom. The molecule has 0 saturated heterocycles. The maximum absolute atomic E-state index is 9.19. The number of aromatic nitrogens is 2. The molecule has 1 rings (SSSR count). The first kappa shape index (κ1) is 16.5. The molecule has 5 heteroatoms. The van der Waals surface area contributed by atoms with Crippen molar-refractivity contribution in [1.82, 2.24) is 14.7 Å².